The molecule has 0 saturated carbocycles. The maximum Gasteiger partial charge on any atom is 0.345 e. The Balaban J connectivity index is 2.87. The van der Waals surface area contributed by atoms with Gasteiger partial charge in [-0.05, 0) is 26.3 Å². The summed E-state index contributed by atoms with van der Waals surface area (Å²) in [6.45, 7) is 7.29. The zero-order chi connectivity index (χ0) is 11.4. The van der Waals surface area contributed by atoms with Crippen LogP contribution in [0, 0.1) is 0 Å². The van der Waals surface area contributed by atoms with Gasteiger partial charge in [-0.25, -0.2) is 4.79 Å². The van der Waals surface area contributed by atoms with Crippen LogP contribution in [-0.2, 0) is 0 Å². The van der Waals surface area contributed by atoms with E-state index in [1.165, 1.54) is 11.3 Å². The van der Waals surface area contributed by atoms with Gasteiger partial charge in [0.15, 0.2) is 0 Å². The lowest BCUT2D eigenvalue weighted by molar-refractivity contribution is 0.0702. The van der Waals surface area contributed by atoms with Gasteiger partial charge >= 0.3 is 5.97 Å². The normalized spacial score (nSPS) is 12.5. The summed E-state index contributed by atoms with van der Waals surface area (Å²) in [6, 6.07) is 2.20. The third kappa shape index (κ3) is 2.72. The van der Waals surface area contributed by atoms with Crippen molar-refractivity contribution in [2.75, 3.05) is 11.4 Å². The average Bonchev–Trinajstić information content (AvgIpc) is 2.68. The van der Waals surface area contributed by atoms with Crippen molar-refractivity contribution in [2.24, 2.45) is 0 Å². The molecule has 1 rings (SSSR count). The van der Waals surface area contributed by atoms with Gasteiger partial charge in [0.05, 0.1) is 0 Å². The molecule has 0 spiro atoms. The molecule has 1 heterocycles. The molecule has 4 heteroatoms. The number of carboxylic acid groups (broad SMARTS) is 1. The molecule has 0 saturated heterocycles. The fourth-order valence-electron chi connectivity index (χ4n) is 1.56. The lowest BCUT2D eigenvalue weighted by atomic mass is 10.2. The Labute approximate surface area is 94.3 Å². The highest BCUT2D eigenvalue weighted by Gasteiger charge is 2.14. The highest BCUT2D eigenvalue weighted by Crippen LogP contribution is 2.25. The van der Waals surface area contributed by atoms with Gasteiger partial charge in [0, 0.05) is 23.7 Å². The van der Waals surface area contributed by atoms with E-state index in [1.54, 1.807) is 6.07 Å². The van der Waals surface area contributed by atoms with Gasteiger partial charge in [-0.2, -0.15) is 0 Å². The first-order chi connectivity index (χ1) is 7.10. The molecule has 0 aromatic carbocycles. The largest absolute Gasteiger partial charge is 0.477 e. The van der Waals surface area contributed by atoms with E-state index in [0.717, 1.165) is 18.7 Å². The van der Waals surface area contributed by atoms with Crippen LogP contribution in [0.2, 0.25) is 0 Å². The smallest absolute Gasteiger partial charge is 0.345 e. The molecule has 15 heavy (non-hydrogen) atoms. The molecule has 0 radical (unpaired) electrons. The topological polar surface area (TPSA) is 40.5 Å². The van der Waals surface area contributed by atoms with Crippen LogP contribution in [0.25, 0.3) is 0 Å². The van der Waals surface area contributed by atoms with Crippen molar-refractivity contribution in [2.45, 2.75) is 33.2 Å². The number of aromatic carboxylic acids is 1. The summed E-state index contributed by atoms with van der Waals surface area (Å²) in [4.78, 5) is 13.4. The van der Waals surface area contributed by atoms with Crippen LogP contribution in [0.15, 0.2) is 11.4 Å². The minimum atomic E-state index is -0.841. The Bertz CT molecular complexity index is 335. The molecule has 0 amide bonds. The summed E-state index contributed by atoms with van der Waals surface area (Å²) in [6.07, 6.45) is 1.06. The number of nitrogens with zero attached hydrogens (tertiary/aromatic N) is 1. The van der Waals surface area contributed by atoms with Crippen molar-refractivity contribution in [1.29, 1.82) is 0 Å². The second-order valence-electron chi connectivity index (χ2n) is 3.52. The van der Waals surface area contributed by atoms with Gasteiger partial charge in [0.25, 0.3) is 0 Å². The minimum Gasteiger partial charge on any atom is -0.477 e. The van der Waals surface area contributed by atoms with E-state index < -0.39 is 5.97 Å². The number of anilines is 1. The lowest BCUT2D eigenvalue weighted by Gasteiger charge is -2.28. The summed E-state index contributed by atoms with van der Waals surface area (Å²) in [5, 5.41) is 10.8. The molecule has 1 atom stereocenters. The molecule has 0 aliphatic rings. The van der Waals surface area contributed by atoms with Crippen molar-refractivity contribution in [1.82, 2.24) is 0 Å². The number of hydrogen-bond donors (Lipinski definition) is 1. The minimum absolute atomic E-state index is 0.409. The van der Waals surface area contributed by atoms with Crippen molar-refractivity contribution in [3.05, 3.63) is 16.3 Å². The van der Waals surface area contributed by atoms with Crippen LogP contribution in [0.5, 0.6) is 0 Å². The summed E-state index contributed by atoms with van der Waals surface area (Å²) in [7, 11) is 0. The Morgan fingerprint density at radius 3 is 2.67 bits per heavy atom. The predicted molar refractivity (Wildman–Crippen MR) is 64.1 cm³/mol. The predicted octanol–water partition coefficient (Wildman–Crippen LogP) is 3.07. The van der Waals surface area contributed by atoms with Crippen LogP contribution in [0.4, 0.5) is 5.69 Å². The van der Waals surface area contributed by atoms with Crippen LogP contribution in [0.3, 0.4) is 0 Å². The lowest BCUT2D eigenvalue weighted by Crippen LogP contribution is -2.31. The fraction of sp³-hybridized carbons (Fsp3) is 0.545. The number of rotatable bonds is 5. The third-order valence-electron chi connectivity index (χ3n) is 2.59. The van der Waals surface area contributed by atoms with Crippen LogP contribution < -0.4 is 4.90 Å². The van der Waals surface area contributed by atoms with Gasteiger partial charge in [0.1, 0.15) is 4.88 Å². The Morgan fingerprint density at radius 2 is 2.27 bits per heavy atom. The van der Waals surface area contributed by atoms with Crippen molar-refractivity contribution in [3.8, 4) is 0 Å². The van der Waals surface area contributed by atoms with Gasteiger partial charge in [-0.3, -0.25) is 0 Å². The van der Waals surface area contributed by atoms with Crippen LogP contribution in [-0.4, -0.2) is 23.7 Å². The van der Waals surface area contributed by atoms with Gasteiger partial charge in [-0.1, -0.05) is 6.92 Å². The Kier molecular flexibility index (Phi) is 4.15. The van der Waals surface area contributed by atoms with E-state index in [0.29, 0.717) is 10.9 Å². The molecule has 1 aromatic heterocycles. The molecule has 0 fully saturated rings. The second-order valence-corrected chi connectivity index (χ2v) is 4.43. The zero-order valence-electron chi connectivity index (χ0n) is 9.36. The van der Waals surface area contributed by atoms with E-state index in [2.05, 4.69) is 25.7 Å². The standard InChI is InChI=1S/C11H17NO2S/c1-4-8(3)12(5-2)9-6-10(11(13)14)15-7-9/h6-8H,4-5H2,1-3H3,(H,13,14). The maximum absolute atomic E-state index is 10.8. The first kappa shape index (κ1) is 12.0. The van der Waals surface area contributed by atoms with E-state index in [-0.39, 0.29) is 0 Å². The van der Waals surface area contributed by atoms with Gasteiger partial charge in [0.2, 0.25) is 0 Å². The fourth-order valence-corrected chi connectivity index (χ4v) is 2.30. The number of carboxylic acids is 1. The van der Waals surface area contributed by atoms with E-state index in [4.69, 9.17) is 5.11 Å². The summed E-state index contributed by atoms with van der Waals surface area (Å²) >= 11 is 1.29. The Morgan fingerprint density at radius 1 is 1.60 bits per heavy atom. The number of thiophene rings is 1. The molecule has 84 valence electrons. The van der Waals surface area contributed by atoms with Crippen molar-refractivity contribution < 1.29 is 9.90 Å². The van der Waals surface area contributed by atoms with Crippen molar-refractivity contribution >= 4 is 23.0 Å². The van der Waals surface area contributed by atoms with Crippen LogP contribution >= 0.6 is 11.3 Å². The molecule has 0 aliphatic heterocycles. The Hall–Kier alpha value is -1.03. The first-order valence-corrected chi connectivity index (χ1v) is 6.06. The van der Waals surface area contributed by atoms with Gasteiger partial charge in [-0.15, -0.1) is 11.3 Å². The molecular weight excluding hydrogens is 210 g/mol. The highest BCUT2D eigenvalue weighted by molar-refractivity contribution is 7.12. The molecule has 1 unspecified atom stereocenters. The number of carbonyl (C=O) groups is 1. The average molecular weight is 227 g/mol. The van der Waals surface area contributed by atoms with Gasteiger partial charge < -0.3 is 10.0 Å². The second kappa shape index (κ2) is 5.16. The monoisotopic (exact) mass is 227 g/mol. The third-order valence-corrected chi connectivity index (χ3v) is 3.50. The zero-order valence-corrected chi connectivity index (χ0v) is 10.2. The summed E-state index contributed by atoms with van der Waals surface area (Å²) < 4.78 is 0. The molecular formula is C11H17NO2S. The number of hydrogen-bond acceptors (Lipinski definition) is 3. The SMILES string of the molecule is CCC(C)N(CC)c1csc(C(=O)O)c1. The molecule has 1 aromatic rings. The van der Waals surface area contributed by atoms with E-state index in [9.17, 15) is 4.79 Å². The molecule has 3 nitrogen and oxygen atoms in total. The molecule has 0 bridgehead atoms. The quantitative estimate of drug-likeness (QED) is 0.840. The van der Waals surface area contributed by atoms with E-state index in [1.807, 2.05) is 5.38 Å². The van der Waals surface area contributed by atoms with Crippen molar-refractivity contribution in [3.63, 3.8) is 0 Å². The summed E-state index contributed by atoms with van der Waals surface area (Å²) in [5.74, 6) is -0.841. The molecule has 1 N–H and O–H groups in total. The van der Waals surface area contributed by atoms with Crippen LogP contribution in [0.1, 0.15) is 36.9 Å². The molecule has 0 aliphatic carbocycles. The highest BCUT2D eigenvalue weighted by atomic mass is 32.1. The van der Waals surface area contributed by atoms with E-state index >= 15 is 0 Å². The summed E-state index contributed by atoms with van der Waals surface area (Å²) in [5.41, 5.74) is 1.02. The maximum atomic E-state index is 10.8. The first-order valence-electron chi connectivity index (χ1n) is 5.18.